The molecule has 2 N–H and O–H groups in total. The summed E-state index contributed by atoms with van der Waals surface area (Å²) < 4.78 is 2.17. The smallest absolute Gasteiger partial charge is 0.132 e. The topological polar surface area (TPSA) is 43.8 Å². The van der Waals surface area contributed by atoms with Crippen LogP contribution in [0.4, 0.5) is 5.82 Å². The Bertz CT molecular complexity index is 547. The molecule has 1 aromatic heterocycles. The molecule has 2 rings (SSSR count). The molecule has 102 valence electrons. The van der Waals surface area contributed by atoms with Gasteiger partial charge in [0.1, 0.15) is 17.3 Å². The highest BCUT2D eigenvalue weighted by atomic mass is 15.2. The monoisotopic (exact) mass is 257 g/mol. The summed E-state index contributed by atoms with van der Waals surface area (Å²) in [6.45, 7) is 8.66. The van der Waals surface area contributed by atoms with Gasteiger partial charge in [-0.1, -0.05) is 37.3 Å². The Morgan fingerprint density at radius 3 is 2.32 bits per heavy atom. The van der Waals surface area contributed by atoms with Crippen LogP contribution in [-0.2, 0) is 12.0 Å². The summed E-state index contributed by atoms with van der Waals surface area (Å²) >= 11 is 0. The Morgan fingerprint density at radius 1 is 1.16 bits per heavy atom. The molecule has 0 radical (unpaired) electrons. The lowest BCUT2D eigenvalue weighted by Gasteiger charge is -2.25. The van der Waals surface area contributed by atoms with Gasteiger partial charge in [0.25, 0.3) is 0 Å². The number of anilines is 1. The van der Waals surface area contributed by atoms with Crippen LogP contribution in [0.15, 0.2) is 30.3 Å². The highest BCUT2D eigenvalue weighted by Crippen LogP contribution is 2.31. The van der Waals surface area contributed by atoms with Gasteiger partial charge in [0.2, 0.25) is 0 Å². The number of aryl methyl sites for hydroxylation is 1. The zero-order valence-electron chi connectivity index (χ0n) is 12.3. The number of nitrogen functional groups attached to an aromatic ring is 1. The number of imidazole rings is 1. The second-order valence-corrected chi connectivity index (χ2v) is 5.88. The third kappa shape index (κ3) is 2.65. The molecular weight excluding hydrogens is 234 g/mol. The van der Waals surface area contributed by atoms with Gasteiger partial charge in [-0.25, -0.2) is 4.98 Å². The summed E-state index contributed by atoms with van der Waals surface area (Å²) in [5.74, 6) is 1.84. The Morgan fingerprint density at radius 2 is 1.79 bits per heavy atom. The van der Waals surface area contributed by atoms with Crippen molar-refractivity contribution in [2.24, 2.45) is 0 Å². The summed E-state index contributed by atoms with van der Waals surface area (Å²) in [7, 11) is 0. The second-order valence-electron chi connectivity index (χ2n) is 5.88. The van der Waals surface area contributed by atoms with Gasteiger partial charge in [-0.3, -0.25) is 0 Å². The normalized spacial score (nSPS) is 11.8. The molecule has 0 fully saturated rings. The molecule has 0 saturated heterocycles. The van der Waals surface area contributed by atoms with E-state index in [0.29, 0.717) is 0 Å². The number of benzene rings is 1. The summed E-state index contributed by atoms with van der Waals surface area (Å²) in [4.78, 5) is 4.77. The van der Waals surface area contributed by atoms with Crippen molar-refractivity contribution < 1.29 is 0 Å². The lowest BCUT2D eigenvalue weighted by Crippen LogP contribution is -2.25. The fourth-order valence-electron chi connectivity index (χ4n) is 2.43. The SMILES string of the molecule is CCCc1nc(-c2ccccc2)c(N)n1C(C)(C)C. The Balaban J connectivity index is 2.59. The number of rotatable bonds is 3. The van der Waals surface area contributed by atoms with Gasteiger partial charge in [0.15, 0.2) is 0 Å². The van der Waals surface area contributed by atoms with Crippen LogP contribution >= 0.6 is 0 Å². The fraction of sp³-hybridized carbons (Fsp3) is 0.438. The summed E-state index contributed by atoms with van der Waals surface area (Å²) in [5.41, 5.74) is 8.29. The standard InChI is InChI=1S/C16H23N3/c1-5-9-13-18-14(12-10-7-6-8-11-12)15(17)19(13)16(2,3)4/h6-8,10-11H,5,9,17H2,1-4H3. The van der Waals surface area contributed by atoms with Gasteiger partial charge in [-0.15, -0.1) is 0 Å². The molecule has 2 aromatic rings. The lowest BCUT2D eigenvalue weighted by molar-refractivity contribution is 0.387. The first-order valence-corrected chi connectivity index (χ1v) is 6.88. The molecule has 0 amide bonds. The number of nitrogens with zero attached hydrogens (tertiary/aromatic N) is 2. The van der Waals surface area contributed by atoms with Crippen LogP contribution in [0.2, 0.25) is 0 Å². The largest absolute Gasteiger partial charge is 0.383 e. The predicted molar refractivity (Wildman–Crippen MR) is 81.1 cm³/mol. The second kappa shape index (κ2) is 5.08. The van der Waals surface area contributed by atoms with Gasteiger partial charge in [0, 0.05) is 17.5 Å². The van der Waals surface area contributed by atoms with Gasteiger partial charge in [0.05, 0.1) is 0 Å². The Hall–Kier alpha value is -1.77. The number of nitrogens with two attached hydrogens (primary N) is 1. The Kier molecular flexibility index (Phi) is 3.65. The van der Waals surface area contributed by atoms with Crippen LogP contribution in [0.3, 0.4) is 0 Å². The van der Waals surface area contributed by atoms with Crippen LogP contribution in [-0.4, -0.2) is 9.55 Å². The van der Waals surface area contributed by atoms with Gasteiger partial charge >= 0.3 is 0 Å². The summed E-state index contributed by atoms with van der Waals surface area (Å²) in [6, 6.07) is 10.2. The van der Waals surface area contributed by atoms with Crippen molar-refractivity contribution in [1.82, 2.24) is 9.55 Å². The van der Waals surface area contributed by atoms with E-state index in [9.17, 15) is 0 Å². The van der Waals surface area contributed by atoms with Crippen molar-refractivity contribution >= 4 is 5.82 Å². The number of aromatic nitrogens is 2. The van der Waals surface area contributed by atoms with Crippen LogP contribution in [0.1, 0.15) is 39.9 Å². The molecule has 0 saturated carbocycles. The molecule has 0 atom stereocenters. The zero-order valence-corrected chi connectivity index (χ0v) is 12.3. The molecule has 3 nitrogen and oxygen atoms in total. The number of hydrogen-bond donors (Lipinski definition) is 1. The maximum atomic E-state index is 6.35. The minimum Gasteiger partial charge on any atom is -0.383 e. The van der Waals surface area contributed by atoms with E-state index in [4.69, 9.17) is 10.7 Å². The van der Waals surface area contributed by atoms with E-state index < -0.39 is 0 Å². The highest BCUT2D eigenvalue weighted by Gasteiger charge is 2.23. The summed E-state index contributed by atoms with van der Waals surface area (Å²) in [5, 5.41) is 0. The fourth-order valence-corrected chi connectivity index (χ4v) is 2.43. The average molecular weight is 257 g/mol. The highest BCUT2D eigenvalue weighted by molar-refractivity contribution is 5.71. The predicted octanol–water partition coefficient (Wildman–Crippen LogP) is 3.84. The molecule has 19 heavy (non-hydrogen) atoms. The quantitative estimate of drug-likeness (QED) is 0.908. The minimum absolute atomic E-state index is 0.0470. The third-order valence-electron chi connectivity index (χ3n) is 3.17. The minimum atomic E-state index is -0.0470. The van der Waals surface area contributed by atoms with Crippen molar-refractivity contribution in [2.45, 2.75) is 46.1 Å². The van der Waals surface area contributed by atoms with Crippen molar-refractivity contribution in [3.8, 4) is 11.3 Å². The third-order valence-corrected chi connectivity index (χ3v) is 3.17. The summed E-state index contributed by atoms with van der Waals surface area (Å²) in [6.07, 6.45) is 2.02. The van der Waals surface area contributed by atoms with Crippen molar-refractivity contribution in [1.29, 1.82) is 0 Å². The lowest BCUT2D eigenvalue weighted by atomic mass is 10.1. The zero-order chi connectivity index (χ0) is 14.0. The molecule has 0 unspecified atom stereocenters. The van der Waals surface area contributed by atoms with E-state index >= 15 is 0 Å². The molecule has 1 heterocycles. The maximum absolute atomic E-state index is 6.35. The van der Waals surface area contributed by atoms with Crippen molar-refractivity contribution in [2.75, 3.05) is 5.73 Å². The number of hydrogen-bond acceptors (Lipinski definition) is 2. The molecule has 1 aromatic carbocycles. The van der Waals surface area contributed by atoms with E-state index in [0.717, 1.165) is 35.7 Å². The Labute approximate surface area is 115 Å². The van der Waals surface area contributed by atoms with Crippen LogP contribution in [0.5, 0.6) is 0 Å². The van der Waals surface area contributed by atoms with Gasteiger partial charge in [-0.05, 0) is 27.2 Å². The first-order valence-electron chi connectivity index (χ1n) is 6.88. The van der Waals surface area contributed by atoms with Crippen molar-refractivity contribution in [3.05, 3.63) is 36.2 Å². The van der Waals surface area contributed by atoms with Crippen LogP contribution in [0.25, 0.3) is 11.3 Å². The van der Waals surface area contributed by atoms with E-state index in [2.05, 4.69) is 44.4 Å². The molecule has 0 aliphatic rings. The van der Waals surface area contributed by atoms with E-state index in [1.807, 2.05) is 18.2 Å². The molecule has 0 spiro atoms. The van der Waals surface area contributed by atoms with Crippen molar-refractivity contribution in [3.63, 3.8) is 0 Å². The van der Waals surface area contributed by atoms with Crippen LogP contribution < -0.4 is 5.73 Å². The maximum Gasteiger partial charge on any atom is 0.132 e. The molecule has 0 bridgehead atoms. The van der Waals surface area contributed by atoms with Crippen LogP contribution in [0, 0.1) is 0 Å². The first kappa shape index (κ1) is 13.7. The first-order chi connectivity index (χ1) is 8.95. The van der Waals surface area contributed by atoms with Gasteiger partial charge in [-0.2, -0.15) is 0 Å². The molecular formula is C16H23N3. The van der Waals surface area contributed by atoms with Gasteiger partial charge < -0.3 is 10.3 Å². The average Bonchev–Trinajstić information content (AvgIpc) is 2.67. The molecule has 0 aliphatic heterocycles. The molecule has 3 heteroatoms. The van der Waals surface area contributed by atoms with E-state index in [1.165, 1.54) is 0 Å². The van der Waals surface area contributed by atoms with E-state index in [-0.39, 0.29) is 5.54 Å². The van der Waals surface area contributed by atoms with E-state index in [1.54, 1.807) is 0 Å². The molecule has 0 aliphatic carbocycles.